The fourth-order valence-electron chi connectivity index (χ4n) is 1.70. The Bertz CT molecular complexity index is 515. The molecule has 0 atom stereocenters. The third-order valence-corrected chi connectivity index (χ3v) is 2.56. The van der Waals surface area contributed by atoms with Crippen molar-refractivity contribution < 1.29 is 0 Å². The molecule has 0 aromatic carbocycles. The first-order valence-corrected chi connectivity index (χ1v) is 5.67. The summed E-state index contributed by atoms with van der Waals surface area (Å²) in [5.41, 5.74) is 1.89. The third-order valence-electron chi connectivity index (χ3n) is 2.56. The lowest BCUT2D eigenvalue weighted by Crippen LogP contribution is -2.05. The SMILES string of the molecule is CNc1cc(C)nc(-c2cncn2C(C)C)n1. The molecule has 2 aromatic heterocycles. The molecule has 0 aliphatic heterocycles. The molecule has 0 saturated heterocycles. The summed E-state index contributed by atoms with van der Waals surface area (Å²) in [6.07, 6.45) is 3.61. The van der Waals surface area contributed by atoms with Crippen LogP contribution in [0.2, 0.25) is 0 Å². The van der Waals surface area contributed by atoms with Crippen molar-refractivity contribution in [2.75, 3.05) is 12.4 Å². The van der Waals surface area contributed by atoms with E-state index in [-0.39, 0.29) is 0 Å². The molecule has 0 saturated carbocycles. The monoisotopic (exact) mass is 231 g/mol. The molecule has 0 unspecified atom stereocenters. The van der Waals surface area contributed by atoms with Crippen LogP contribution < -0.4 is 5.32 Å². The van der Waals surface area contributed by atoms with Crippen molar-refractivity contribution in [3.63, 3.8) is 0 Å². The Balaban J connectivity index is 2.52. The highest BCUT2D eigenvalue weighted by atomic mass is 15.1. The maximum absolute atomic E-state index is 4.46. The number of hydrogen-bond donors (Lipinski definition) is 1. The van der Waals surface area contributed by atoms with Crippen LogP contribution in [-0.2, 0) is 0 Å². The zero-order valence-electron chi connectivity index (χ0n) is 10.6. The summed E-state index contributed by atoms with van der Waals surface area (Å²) < 4.78 is 2.06. The molecule has 0 amide bonds. The number of aryl methyl sites for hydroxylation is 1. The second kappa shape index (κ2) is 4.53. The summed E-state index contributed by atoms with van der Waals surface area (Å²) in [6.45, 7) is 6.18. The van der Waals surface area contributed by atoms with Crippen molar-refractivity contribution in [2.45, 2.75) is 26.8 Å². The molecule has 0 radical (unpaired) electrons. The van der Waals surface area contributed by atoms with Crippen LogP contribution in [0.3, 0.4) is 0 Å². The van der Waals surface area contributed by atoms with E-state index in [0.29, 0.717) is 11.9 Å². The average Bonchev–Trinajstić information content (AvgIpc) is 2.77. The van der Waals surface area contributed by atoms with E-state index >= 15 is 0 Å². The first-order chi connectivity index (χ1) is 8.11. The molecule has 0 fully saturated rings. The molecular weight excluding hydrogens is 214 g/mol. The predicted octanol–water partition coefficient (Wildman–Crippen LogP) is 2.27. The summed E-state index contributed by atoms with van der Waals surface area (Å²) >= 11 is 0. The Kier molecular flexibility index (Phi) is 3.08. The van der Waals surface area contributed by atoms with E-state index in [4.69, 9.17) is 0 Å². The van der Waals surface area contributed by atoms with E-state index < -0.39 is 0 Å². The maximum Gasteiger partial charge on any atom is 0.180 e. The van der Waals surface area contributed by atoms with Gasteiger partial charge in [0, 0.05) is 24.8 Å². The molecule has 5 nitrogen and oxygen atoms in total. The quantitative estimate of drug-likeness (QED) is 0.880. The molecule has 1 N–H and O–H groups in total. The van der Waals surface area contributed by atoms with Crippen molar-refractivity contribution in [1.29, 1.82) is 0 Å². The molecule has 0 spiro atoms. The van der Waals surface area contributed by atoms with Gasteiger partial charge in [-0.15, -0.1) is 0 Å². The standard InChI is InChI=1S/C12H17N5/c1-8(2)17-7-14-6-10(17)12-15-9(3)5-11(13-4)16-12/h5-8H,1-4H3,(H,13,15,16). The van der Waals surface area contributed by atoms with E-state index in [1.165, 1.54) is 0 Å². The van der Waals surface area contributed by atoms with Gasteiger partial charge in [-0.05, 0) is 20.8 Å². The first-order valence-electron chi connectivity index (χ1n) is 5.67. The second-order valence-corrected chi connectivity index (χ2v) is 4.25. The summed E-state index contributed by atoms with van der Waals surface area (Å²) in [4.78, 5) is 13.1. The van der Waals surface area contributed by atoms with Gasteiger partial charge in [-0.3, -0.25) is 0 Å². The lowest BCUT2D eigenvalue weighted by atomic mass is 10.3. The van der Waals surface area contributed by atoms with Gasteiger partial charge < -0.3 is 9.88 Å². The van der Waals surface area contributed by atoms with Crippen LogP contribution in [0.25, 0.3) is 11.5 Å². The van der Waals surface area contributed by atoms with Crippen molar-refractivity contribution in [3.8, 4) is 11.5 Å². The number of nitrogens with zero attached hydrogens (tertiary/aromatic N) is 4. The van der Waals surface area contributed by atoms with E-state index in [9.17, 15) is 0 Å². The molecule has 2 rings (SSSR count). The van der Waals surface area contributed by atoms with Crippen molar-refractivity contribution in [3.05, 3.63) is 24.3 Å². The molecule has 0 aliphatic rings. The summed E-state index contributed by atoms with van der Waals surface area (Å²) in [5, 5.41) is 3.04. The van der Waals surface area contributed by atoms with Gasteiger partial charge in [-0.2, -0.15) is 0 Å². The van der Waals surface area contributed by atoms with Gasteiger partial charge in [0.25, 0.3) is 0 Å². The molecule has 17 heavy (non-hydrogen) atoms. The summed E-state index contributed by atoms with van der Waals surface area (Å²) in [7, 11) is 1.85. The number of hydrogen-bond acceptors (Lipinski definition) is 4. The van der Waals surface area contributed by atoms with E-state index in [1.54, 1.807) is 6.20 Å². The highest BCUT2D eigenvalue weighted by Gasteiger charge is 2.11. The van der Waals surface area contributed by atoms with E-state index in [0.717, 1.165) is 17.2 Å². The number of imidazole rings is 1. The molecule has 90 valence electrons. The topological polar surface area (TPSA) is 55.6 Å². The Morgan fingerprint density at radius 3 is 2.71 bits per heavy atom. The summed E-state index contributed by atoms with van der Waals surface area (Å²) in [6, 6.07) is 2.26. The minimum atomic E-state index is 0.342. The molecule has 0 bridgehead atoms. The molecular formula is C12H17N5. The zero-order chi connectivity index (χ0) is 12.4. The van der Waals surface area contributed by atoms with Crippen LogP contribution in [0.15, 0.2) is 18.6 Å². The Morgan fingerprint density at radius 1 is 1.29 bits per heavy atom. The molecule has 2 aromatic rings. The Morgan fingerprint density at radius 2 is 2.06 bits per heavy atom. The highest BCUT2D eigenvalue weighted by Crippen LogP contribution is 2.20. The zero-order valence-corrected chi connectivity index (χ0v) is 10.6. The fourth-order valence-corrected chi connectivity index (χ4v) is 1.70. The maximum atomic E-state index is 4.46. The van der Waals surface area contributed by atoms with Gasteiger partial charge in [0.2, 0.25) is 0 Å². The Hall–Kier alpha value is -1.91. The van der Waals surface area contributed by atoms with Gasteiger partial charge in [-0.25, -0.2) is 15.0 Å². The van der Waals surface area contributed by atoms with Crippen LogP contribution in [0.5, 0.6) is 0 Å². The van der Waals surface area contributed by atoms with Gasteiger partial charge in [-0.1, -0.05) is 0 Å². The van der Waals surface area contributed by atoms with E-state index in [2.05, 4.69) is 38.7 Å². The average molecular weight is 231 g/mol. The van der Waals surface area contributed by atoms with Gasteiger partial charge in [0.1, 0.15) is 11.5 Å². The molecule has 0 aliphatic carbocycles. The predicted molar refractivity (Wildman–Crippen MR) is 67.9 cm³/mol. The van der Waals surface area contributed by atoms with Crippen LogP contribution in [-0.4, -0.2) is 26.6 Å². The van der Waals surface area contributed by atoms with Crippen molar-refractivity contribution in [1.82, 2.24) is 19.5 Å². The number of anilines is 1. The number of rotatable bonds is 3. The van der Waals surface area contributed by atoms with Crippen molar-refractivity contribution >= 4 is 5.82 Å². The third kappa shape index (κ3) is 2.27. The smallest absolute Gasteiger partial charge is 0.180 e. The van der Waals surface area contributed by atoms with Crippen LogP contribution in [0, 0.1) is 6.92 Å². The fraction of sp³-hybridized carbons (Fsp3) is 0.417. The minimum Gasteiger partial charge on any atom is -0.373 e. The van der Waals surface area contributed by atoms with Gasteiger partial charge in [0.15, 0.2) is 5.82 Å². The molecule has 2 heterocycles. The normalized spacial score (nSPS) is 10.9. The number of nitrogens with one attached hydrogen (secondary N) is 1. The number of aromatic nitrogens is 4. The van der Waals surface area contributed by atoms with E-state index in [1.807, 2.05) is 26.4 Å². The lowest BCUT2D eigenvalue weighted by Gasteiger charge is -2.11. The largest absolute Gasteiger partial charge is 0.373 e. The van der Waals surface area contributed by atoms with Crippen molar-refractivity contribution in [2.24, 2.45) is 0 Å². The van der Waals surface area contributed by atoms with Gasteiger partial charge >= 0.3 is 0 Å². The van der Waals surface area contributed by atoms with Crippen LogP contribution >= 0.6 is 0 Å². The molecule has 5 heteroatoms. The minimum absolute atomic E-state index is 0.342. The van der Waals surface area contributed by atoms with Crippen LogP contribution in [0.4, 0.5) is 5.82 Å². The van der Waals surface area contributed by atoms with Crippen LogP contribution in [0.1, 0.15) is 25.6 Å². The summed E-state index contributed by atoms with van der Waals surface area (Å²) in [5.74, 6) is 1.53. The second-order valence-electron chi connectivity index (χ2n) is 4.25. The lowest BCUT2D eigenvalue weighted by molar-refractivity contribution is 0.603. The first kappa shape index (κ1) is 11.6. The Labute approximate surface area is 101 Å². The highest BCUT2D eigenvalue weighted by molar-refractivity contribution is 5.52. The van der Waals surface area contributed by atoms with Gasteiger partial charge in [0.05, 0.1) is 12.5 Å².